The first-order chi connectivity index (χ1) is 22.5. The van der Waals surface area contributed by atoms with Gasteiger partial charge in [0.15, 0.2) is 5.96 Å². The second-order valence-electron chi connectivity index (χ2n) is 11.1. The van der Waals surface area contributed by atoms with E-state index in [4.69, 9.17) is 25.4 Å². The fourth-order valence-corrected chi connectivity index (χ4v) is 5.30. The van der Waals surface area contributed by atoms with Crippen LogP contribution in [0.2, 0.25) is 0 Å². The third-order valence-corrected chi connectivity index (χ3v) is 7.81. The minimum Gasteiger partial charge on any atom is -0.490 e. The van der Waals surface area contributed by atoms with Crippen molar-refractivity contribution < 1.29 is 46.5 Å². The number of nitrogens with two attached hydrogens (primary N) is 1. The van der Waals surface area contributed by atoms with Crippen LogP contribution in [0, 0.1) is 5.41 Å². The summed E-state index contributed by atoms with van der Waals surface area (Å²) in [6.07, 6.45) is -5.75. The van der Waals surface area contributed by atoms with E-state index in [1.165, 1.54) is 12.1 Å². The molecule has 0 saturated carbocycles. The van der Waals surface area contributed by atoms with E-state index >= 15 is 0 Å². The molecule has 0 aromatic heterocycles. The van der Waals surface area contributed by atoms with Gasteiger partial charge in [-0.15, -0.1) is 0 Å². The van der Waals surface area contributed by atoms with Crippen LogP contribution in [0.5, 0.6) is 5.75 Å². The first-order valence-corrected chi connectivity index (χ1v) is 14.9. The maximum absolute atomic E-state index is 13.0. The van der Waals surface area contributed by atoms with Crippen molar-refractivity contribution in [3.63, 3.8) is 0 Å². The van der Waals surface area contributed by atoms with Gasteiger partial charge in [-0.05, 0) is 47.4 Å². The van der Waals surface area contributed by atoms with E-state index in [1.54, 1.807) is 35.2 Å². The second-order valence-corrected chi connectivity index (χ2v) is 11.1. The number of nitrogens with zero attached hydrogens (tertiary/aromatic N) is 2. The summed E-state index contributed by atoms with van der Waals surface area (Å²) in [6, 6.07) is 20.7. The molecule has 1 unspecified atom stereocenters. The zero-order chi connectivity index (χ0) is 33.6. The number of guanidine groups is 1. The molecular weight excluding hydrogens is 621 g/mol. The van der Waals surface area contributed by atoms with E-state index in [2.05, 4.69) is 4.74 Å². The molecule has 1 atom stereocenters. The Morgan fingerprint density at radius 3 is 2.19 bits per heavy atom. The Labute approximate surface area is 268 Å². The van der Waals surface area contributed by atoms with Crippen molar-refractivity contribution in [1.82, 2.24) is 9.80 Å². The Hall–Kier alpha value is -5.27. The van der Waals surface area contributed by atoms with Crippen LogP contribution in [-0.4, -0.2) is 65.7 Å². The smallest absolute Gasteiger partial charge is 0.490 e. The molecule has 14 heteroatoms. The number of likely N-dealkylation sites (tertiary alicyclic amines) is 1. The van der Waals surface area contributed by atoms with Gasteiger partial charge < -0.3 is 34.5 Å². The zero-order valence-corrected chi connectivity index (χ0v) is 25.2. The van der Waals surface area contributed by atoms with Gasteiger partial charge in [-0.3, -0.25) is 5.41 Å². The summed E-state index contributed by atoms with van der Waals surface area (Å²) >= 11 is 0. The van der Waals surface area contributed by atoms with E-state index in [9.17, 15) is 27.6 Å². The molecule has 2 aliphatic rings. The van der Waals surface area contributed by atoms with Crippen LogP contribution >= 0.6 is 0 Å². The molecule has 248 valence electrons. The normalized spacial score (nSPS) is 16.5. The van der Waals surface area contributed by atoms with Crippen molar-refractivity contribution in [2.75, 3.05) is 19.6 Å². The number of halogens is 3. The summed E-state index contributed by atoms with van der Waals surface area (Å²) in [5.41, 5.74) is 7.80. The highest BCUT2D eigenvalue weighted by atomic mass is 19.4. The highest BCUT2D eigenvalue weighted by Gasteiger charge is 2.44. The van der Waals surface area contributed by atoms with Crippen LogP contribution in [-0.2, 0) is 38.6 Å². The number of amides is 1. The molecule has 47 heavy (non-hydrogen) atoms. The maximum atomic E-state index is 13.0. The molecule has 2 heterocycles. The number of piperidine rings is 1. The van der Waals surface area contributed by atoms with Crippen molar-refractivity contribution in [1.29, 1.82) is 5.41 Å². The second kappa shape index (κ2) is 14.4. The average molecular weight is 655 g/mol. The predicted molar refractivity (Wildman–Crippen MR) is 161 cm³/mol. The van der Waals surface area contributed by atoms with E-state index in [0.717, 1.165) is 10.5 Å². The van der Waals surface area contributed by atoms with E-state index < -0.39 is 30.3 Å². The van der Waals surface area contributed by atoms with E-state index in [0.29, 0.717) is 49.2 Å². The molecule has 1 amide bonds. The van der Waals surface area contributed by atoms with Crippen molar-refractivity contribution in [3.05, 3.63) is 101 Å². The summed E-state index contributed by atoms with van der Waals surface area (Å²) < 4.78 is 60.5. The lowest BCUT2D eigenvalue weighted by Crippen LogP contribution is -2.46. The summed E-state index contributed by atoms with van der Waals surface area (Å²) in [5, 5.41) is 7.72. The van der Waals surface area contributed by atoms with Crippen molar-refractivity contribution in [2.45, 2.75) is 51.0 Å². The van der Waals surface area contributed by atoms with Gasteiger partial charge in [0.1, 0.15) is 25.1 Å². The van der Waals surface area contributed by atoms with Gasteiger partial charge in [-0.1, -0.05) is 48.5 Å². The van der Waals surface area contributed by atoms with Gasteiger partial charge in [-0.2, -0.15) is 13.2 Å². The van der Waals surface area contributed by atoms with Crippen molar-refractivity contribution in [2.24, 2.45) is 5.73 Å². The Bertz CT molecular complexity index is 1590. The average Bonchev–Trinajstić information content (AvgIpc) is 3.07. The maximum Gasteiger partial charge on any atom is 0.491 e. The lowest BCUT2D eigenvalue weighted by Gasteiger charge is -2.36. The molecule has 2 aliphatic heterocycles. The highest BCUT2D eigenvalue weighted by Crippen LogP contribution is 2.34. The van der Waals surface area contributed by atoms with Crippen LogP contribution in [0.3, 0.4) is 0 Å². The van der Waals surface area contributed by atoms with Crippen molar-refractivity contribution >= 4 is 24.0 Å². The molecule has 5 rings (SSSR count). The van der Waals surface area contributed by atoms with Crippen LogP contribution in [0.4, 0.5) is 18.0 Å². The third-order valence-electron chi connectivity index (χ3n) is 7.81. The highest BCUT2D eigenvalue weighted by molar-refractivity contribution is 5.90. The number of carbonyl (C=O) groups excluding carboxylic acids is 3. The van der Waals surface area contributed by atoms with E-state index in [1.807, 2.05) is 30.3 Å². The predicted octanol–water partition coefficient (Wildman–Crippen LogP) is 5.08. The number of fused-ring (bicyclic) bond motifs is 1. The summed E-state index contributed by atoms with van der Waals surface area (Å²) in [5.74, 6) is -3.15. The zero-order valence-electron chi connectivity index (χ0n) is 25.2. The largest absolute Gasteiger partial charge is 0.491 e. The molecule has 0 radical (unpaired) electrons. The fourth-order valence-electron chi connectivity index (χ4n) is 5.30. The van der Waals surface area contributed by atoms with Gasteiger partial charge >= 0.3 is 24.2 Å². The van der Waals surface area contributed by atoms with Crippen LogP contribution < -0.4 is 10.5 Å². The Balaban J connectivity index is 1.11. The molecule has 3 aromatic rings. The summed E-state index contributed by atoms with van der Waals surface area (Å²) in [7, 11) is 0. The van der Waals surface area contributed by atoms with Gasteiger partial charge in [-0.25, -0.2) is 14.4 Å². The Kier molecular flexibility index (Phi) is 10.2. The molecule has 1 fully saturated rings. The number of esters is 2. The van der Waals surface area contributed by atoms with Gasteiger partial charge in [0.2, 0.25) is 6.23 Å². The number of carbonyl (C=O) groups is 3. The number of rotatable bonds is 8. The molecule has 0 spiro atoms. The van der Waals surface area contributed by atoms with Gasteiger partial charge in [0.25, 0.3) is 0 Å². The number of nitrogens with one attached hydrogen (secondary N) is 1. The quantitative estimate of drug-likeness (QED) is 0.147. The first kappa shape index (κ1) is 33.1. The van der Waals surface area contributed by atoms with Gasteiger partial charge in [0, 0.05) is 38.0 Å². The number of hydrogen-bond donors (Lipinski definition) is 2. The number of alkyl halides is 3. The fraction of sp³-hybridized carbons (Fsp3) is 0.333. The minimum absolute atomic E-state index is 0.0254. The molecule has 1 saturated heterocycles. The summed E-state index contributed by atoms with van der Waals surface area (Å²) in [6.45, 7) is 1.19. The molecule has 0 bridgehead atoms. The topological polar surface area (TPSA) is 144 Å². The van der Waals surface area contributed by atoms with Crippen LogP contribution in [0.15, 0.2) is 72.8 Å². The molecular formula is C33H33F3N4O7. The Morgan fingerprint density at radius 1 is 0.872 bits per heavy atom. The third kappa shape index (κ3) is 8.51. The number of hydrogen-bond acceptors (Lipinski definition) is 8. The standard InChI is InChI=1S/C33H33F3N4O7/c34-33(35,36)30(42)47-28-27-18-24(9-8-23(27)12-17-40(28)31(37)38)29(41)44-19-22-6-10-25(11-7-22)46-26-13-15-39(16-14-26)32(43)45-20-21-4-2-1-3-5-21/h1-11,18,26,28H,12-17,19-20H2,(H3,37,38). The molecule has 3 aromatic carbocycles. The first-order valence-electron chi connectivity index (χ1n) is 14.9. The van der Waals surface area contributed by atoms with E-state index in [-0.39, 0.29) is 43.1 Å². The Morgan fingerprint density at radius 2 is 1.53 bits per heavy atom. The minimum atomic E-state index is -5.26. The molecule has 0 aliphatic carbocycles. The van der Waals surface area contributed by atoms with Crippen LogP contribution in [0.1, 0.15) is 51.7 Å². The summed E-state index contributed by atoms with van der Waals surface area (Å²) in [4.78, 5) is 39.6. The number of ether oxygens (including phenoxy) is 4. The lowest BCUT2D eigenvalue weighted by atomic mass is 9.96. The van der Waals surface area contributed by atoms with Gasteiger partial charge in [0.05, 0.1) is 5.56 Å². The number of benzene rings is 3. The van der Waals surface area contributed by atoms with Crippen molar-refractivity contribution in [3.8, 4) is 5.75 Å². The SMILES string of the molecule is N=C(N)N1CCc2ccc(C(=O)OCc3ccc(OC4CCN(C(=O)OCc5ccccc5)CC4)cc3)cc2C1OC(=O)C(F)(F)F. The lowest BCUT2D eigenvalue weighted by molar-refractivity contribution is -0.211. The molecule has 3 N–H and O–H groups in total. The monoisotopic (exact) mass is 654 g/mol. The van der Waals surface area contributed by atoms with Crippen LogP contribution in [0.25, 0.3) is 0 Å². The molecule has 11 nitrogen and oxygen atoms in total.